The third-order valence-electron chi connectivity index (χ3n) is 5.00. The molecule has 5 heteroatoms. The number of carbonyl (C=O) groups is 1. The molecule has 3 nitrogen and oxygen atoms in total. The van der Waals surface area contributed by atoms with Gasteiger partial charge in [0.05, 0.1) is 5.92 Å². The van der Waals surface area contributed by atoms with Crippen molar-refractivity contribution in [1.82, 2.24) is 4.90 Å². The van der Waals surface area contributed by atoms with E-state index in [4.69, 9.17) is 5.73 Å². The molecule has 1 amide bonds. The van der Waals surface area contributed by atoms with Gasteiger partial charge in [-0.2, -0.15) is 0 Å². The average Bonchev–Trinajstić information content (AvgIpc) is 3.05. The van der Waals surface area contributed by atoms with Crippen LogP contribution in [0.25, 0.3) is 0 Å². The van der Waals surface area contributed by atoms with Gasteiger partial charge in [-0.15, -0.1) is 12.4 Å². The van der Waals surface area contributed by atoms with Crippen molar-refractivity contribution in [2.24, 2.45) is 11.7 Å². The fourth-order valence-electron chi connectivity index (χ4n) is 3.56. The lowest BCUT2D eigenvalue weighted by atomic mass is 9.89. The highest BCUT2D eigenvalue weighted by atomic mass is 35.5. The van der Waals surface area contributed by atoms with Crippen LogP contribution >= 0.6 is 12.4 Å². The minimum absolute atomic E-state index is 0. The van der Waals surface area contributed by atoms with E-state index in [0.29, 0.717) is 25.2 Å². The van der Waals surface area contributed by atoms with Gasteiger partial charge in [0.2, 0.25) is 5.91 Å². The topological polar surface area (TPSA) is 46.3 Å². The van der Waals surface area contributed by atoms with Crippen LogP contribution in [0.5, 0.6) is 0 Å². The molecule has 1 heterocycles. The molecule has 134 valence electrons. The van der Waals surface area contributed by atoms with Crippen LogP contribution in [0, 0.1) is 11.7 Å². The highest BCUT2D eigenvalue weighted by molar-refractivity contribution is 5.85. The zero-order chi connectivity index (χ0) is 17.1. The van der Waals surface area contributed by atoms with E-state index in [-0.39, 0.29) is 41.9 Å². The first kappa shape index (κ1) is 19.4. The molecule has 1 fully saturated rings. The number of halogens is 2. The summed E-state index contributed by atoms with van der Waals surface area (Å²) in [5.41, 5.74) is 7.88. The van der Waals surface area contributed by atoms with E-state index in [1.807, 2.05) is 30.0 Å². The van der Waals surface area contributed by atoms with Gasteiger partial charge in [0.1, 0.15) is 5.82 Å². The fourth-order valence-corrected chi connectivity index (χ4v) is 3.56. The van der Waals surface area contributed by atoms with Crippen molar-refractivity contribution >= 4 is 18.3 Å². The summed E-state index contributed by atoms with van der Waals surface area (Å²) in [6.07, 6.45) is 0. The molecule has 1 unspecified atom stereocenters. The second-order valence-corrected chi connectivity index (χ2v) is 6.53. The largest absolute Gasteiger partial charge is 0.341 e. The van der Waals surface area contributed by atoms with Gasteiger partial charge in [0, 0.05) is 19.0 Å². The molecule has 3 rings (SSSR count). The molecular weight excluding hydrogens is 339 g/mol. The summed E-state index contributed by atoms with van der Waals surface area (Å²) >= 11 is 0. The van der Waals surface area contributed by atoms with Crippen molar-refractivity contribution in [1.29, 1.82) is 0 Å². The Kier molecular flexibility index (Phi) is 6.57. The van der Waals surface area contributed by atoms with Crippen LogP contribution in [0.3, 0.4) is 0 Å². The lowest BCUT2D eigenvalue weighted by Crippen LogP contribution is -2.33. The SMILES string of the molecule is CC(C(=O)N1C[C@@H](CN)[C@H](c2ccccc2)C1)c1cccc(F)c1.Cl. The van der Waals surface area contributed by atoms with Gasteiger partial charge in [0.15, 0.2) is 0 Å². The second kappa shape index (κ2) is 8.45. The molecule has 25 heavy (non-hydrogen) atoms. The van der Waals surface area contributed by atoms with Gasteiger partial charge in [-0.05, 0) is 42.6 Å². The Balaban J connectivity index is 0.00000225. The average molecular weight is 363 g/mol. The monoisotopic (exact) mass is 362 g/mol. The summed E-state index contributed by atoms with van der Waals surface area (Å²) in [6.45, 7) is 3.72. The summed E-state index contributed by atoms with van der Waals surface area (Å²) in [5.74, 6) is -0.0994. The predicted molar refractivity (Wildman–Crippen MR) is 100 cm³/mol. The van der Waals surface area contributed by atoms with Crippen LogP contribution in [-0.2, 0) is 4.79 Å². The van der Waals surface area contributed by atoms with Crippen molar-refractivity contribution in [3.8, 4) is 0 Å². The zero-order valence-electron chi connectivity index (χ0n) is 14.3. The van der Waals surface area contributed by atoms with E-state index in [0.717, 1.165) is 0 Å². The molecule has 2 aromatic rings. The first-order valence-electron chi connectivity index (χ1n) is 8.39. The minimum atomic E-state index is -0.353. The Morgan fingerprint density at radius 1 is 1.20 bits per heavy atom. The number of hydrogen-bond donors (Lipinski definition) is 1. The summed E-state index contributed by atoms with van der Waals surface area (Å²) in [5, 5.41) is 0. The van der Waals surface area contributed by atoms with Gasteiger partial charge < -0.3 is 10.6 Å². The van der Waals surface area contributed by atoms with Crippen molar-refractivity contribution in [3.63, 3.8) is 0 Å². The Bertz CT molecular complexity index is 710. The number of likely N-dealkylation sites (tertiary alicyclic amines) is 1. The number of rotatable bonds is 4. The normalized spacial score (nSPS) is 20.8. The first-order chi connectivity index (χ1) is 11.6. The Hall–Kier alpha value is -1.91. The van der Waals surface area contributed by atoms with Crippen molar-refractivity contribution in [2.75, 3.05) is 19.6 Å². The van der Waals surface area contributed by atoms with E-state index < -0.39 is 0 Å². The fraction of sp³-hybridized carbons (Fsp3) is 0.350. The highest BCUT2D eigenvalue weighted by Gasteiger charge is 2.36. The van der Waals surface area contributed by atoms with Crippen molar-refractivity contribution < 1.29 is 9.18 Å². The smallest absolute Gasteiger partial charge is 0.229 e. The first-order valence-corrected chi connectivity index (χ1v) is 8.39. The number of amides is 1. The minimum Gasteiger partial charge on any atom is -0.341 e. The van der Waals surface area contributed by atoms with Gasteiger partial charge in [-0.25, -0.2) is 4.39 Å². The summed E-state index contributed by atoms with van der Waals surface area (Å²) < 4.78 is 13.4. The van der Waals surface area contributed by atoms with Crippen LogP contribution in [0.2, 0.25) is 0 Å². The van der Waals surface area contributed by atoms with E-state index in [2.05, 4.69) is 12.1 Å². The summed E-state index contributed by atoms with van der Waals surface area (Å²) in [7, 11) is 0. The number of carbonyl (C=O) groups excluding carboxylic acids is 1. The molecule has 0 aliphatic carbocycles. The van der Waals surface area contributed by atoms with Gasteiger partial charge in [-0.1, -0.05) is 42.5 Å². The van der Waals surface area contributed by atoms with Crippen molar-refractivity contribution in [2.45, 2.75) is 18.8 Å². The van der Waals surface area contributed by atoms with Crippen LogP contribution < -0.4 is 5.73 Å². The maximum absolute atomic E-state index is 13.4. The van der Waals surface area contributed by atoms with Crippen LogP contribution in [0.4, 0.5) is 4.39 Å². The molecule has 1 aliphatic rings. The summed E-state index contributed by atoms with van der Waals surface area (Å²) in [6, 6.07) is 16.5. The molecule has 0 bridgehead atoms. The highest BCUT2D eigenvalue weighted by Crippen LogP contribution is 2.33. The third kappa shape index (κ3) is 4.20. The number of nitrogens with zero attached hydrogens (tertiary/aromatic N) is 1. The molecule has 0 saturated carbocycles. The van der Waals surface area contributed by atoms with Crippen molar-refractivity contribution in [3.05, 3.63) is 71.5 Å². The Morgan fingerprint density at radius 3 is 2.56 bits per heavy atom. The maximum atomic E-state index is 13.4. The quantitative estimate of drug-likeness (QED) is 0.904. The molecule has 0 aromatic heterocycles. The van der Waals surface area contributed by atoms with Gasteiger partial charge in [-0.3, -0.25) is 4.79 Å². The van der Waals surface area contributed by atoms with Crippen LogP contribution in [0.1, 0.15) is 29.9 Å². The molecule has 1 aliphatic heterocycles. The molecule has 0 radical (unpaired) electrons. The molecule has 0 spiro atoms. The standard InChI is InChI=1S/C20H23FN2O.ClH/c1-14(16-8-5-9-18(21)10-16)20(24)23-12-17(11-22)19(13-23)15-6-3-2-4-7-15;/h2-10,14,17,19H,11-13,22H2,1H3;1H/t14?,17-,19+;/m1./s1. The number of hydrogen-bond acceptors (Lipinski definition) is 2. The van der Waals surface area contributed by atoms with Crippen LogP contribution in [0.15, 0.2) is 54.6 Å². The molecule has 2 aromatic carbocycles. The Morgan fingerprint density at radius 2 is 1.92 bits per heavy atom. The van der Waals surface area contributed by atoms with E-state index in [9.17, 15) is 9.18 Å². The second-order valence-electron chi connectivity index (χ2n) is 6.53. The summed E-state index contributed by atoms with van der Waals surface area (Å²) in [4.78, 5) is 14.7. The lowest BCUT2D eigenvalue weighted by Gasteiger charge is -2.21. The van der Waals surface area contributed by atoms with E-state index in [1.165, 1.54) is 17.7 Å². The van der Waals surface area contributed by atoms with E-state index >= 15 is 0 Å². The third-order valence-corrected chi connectivity index (χ3v) is 5.00. The molecule has 2 N–H and O–H groups in total. The number of nitrogens with two attached hydrogens (primary N) is 1. The molecule has 1 saturated heterocycles. The lowest BCUT2D eigenvalue weighted by molar-refractivity contribution is -0.131. The number of benzene rings is 2. The molecular formula is C20H24ClFN2O. The zero-order valence-corrected chi connectivity index (χ0v) is 15.1. The maximum Gasteiger partial charge on any atom is 0.229 e. The van der Waals surface area contributed by atoms with Gasteiger partial charge >= 0.3 is 0 Å². The molecule has 3 atom stereocenters. The predicted octanol–water partition coefficient (Wildman–Crippen LogP) is 3.55. The van der Waals surface area contributed by atoms with E-state index in [1.54, 1.807) is 12.1 Å². The van der Waals surface area contributed by atoms with Crippen LogP contribution in [-0.4, -0.2) is 30.4 Å². The van der Waals surface area contributed by atoms with Gasteiger partial charge in [0.25, 0.3) is 0 Å². The Labute approximate surface area is 154 Å².